The smallest absolute Gasteiger partial charge is 0.0440 e. The largest absolute Gasteiger partial charge is 0.310 e. The van der Waals surface area contributed by atoms with Crippen LogP contribution in [0.4, 0.5) is 0 Å². The minimum absolute atomic E-state index is 0.579. The average Bonchev–Trinajstić information content (AvgIpc) is 2.39. The Bertz CT molecular complexity index is 591. The minimum Gasteiger partial charge on any atom is -0.310 e. The molecule has 3 heteroatoms. The molecule has 0 aromatic heterocycles. The molecule has 2 aromatic carbocycles. The summed E-state index contributed by atoms with van der Waals surface area (Å²) in [5.41, 5.74) is 2.52. The first kappa shape index (κ1) is 13.9. The van der Waals surface area contributed by atoms with E-state index in [4.69, 9.17) is 23.2 Å². The number of hydrogen-bond acceptors (Lipinski definition) is 1. The summed E-state index contributed by atoms with van der Waals surface area (Å²) in [6.45, 7) is 0.875. The first-order chi connectivity index (χ1) is 9.72. The minimum atomic E-state index is 0.579. The molecule has 1 fully saturated rings. The Balaban J connectivity index is 1.50. The maximum Gasteiger partial charge on any atom is 0.0440 e. The van der Waals surface area contributed by atoms with E-state index < -0.39 is 0 Å². The van der Waals surface area contributed by atoms with E-state index in [0.717, 1.165) is 29.4 Å². The van der Waals surface area contributed by atoms with Crippen LogP contribution in [0, 0.1) is 0 Å². The summed E-state index contributed by atoms with van der Waals surface area (Å²) in [5.74, 6) is 0.598. The third kappa shape index (κ3) is 3.17. The van der Waals surface area contributed by atoms with Crippen molar-refractivity contribution < 1.29 is 0 Å². The van der Waals surface area contributed by atoms with Gasteiger partial charge in [0.2, 0.25) is 0 Å². The zero-order chi connectivity index (χ0) is 13.9. The van der Waals surface area contributed by atoms with Gasteiger partial charge in [0.15, 0.2) is 0 Å². The van der Waals surface area contributed by atoms with E-state index in [-0.39, 0.29) is 0 Å². The van der Waals surface area contributed by atoms with Crippen molar-refractivity contribution in [3.8, 4) is 0 Å². The fourth-order valence-corrected chi connectivity index (χ4v) is 3.26. The quantitative estimate of drug-likeness (QED) is 0.835. The monoisotopic (exact) mass is 305 g/mol. The van der Waals surface area contributed by atoms with E-state index >= 15 is 0 Å². The molecule has 0 saturated heterocycles. The molecule has 1 aliphatic carbocycles. The van der Waals surface area contributed by atoms with Crippen molar-refractivity contribution >= 4 is 23.2 Å². The zero-order valence-corrected chi connectivity index (χ0v) is 12.7. The molecule has 20 heavy (non-hydrogen) atoms. The number of benzene rings is 2. The molecule has 0 heterocycles. The maximum absolute atomic E-state index is 6.23. The molecule has 0 bridgehead atoms. The number of hydrogen-bond donors (Lipinski definition) is 1. The van der Waals surface area contributed by atoms with Crippen molar-refractivity contribution in [3.63, 3.8) is 0 Å². The van der Waals surface area contributed by atoms with Crippen molar-refractivity contribution in [1.82, 2.24) is 5.32 Å². The fraction of sp³-hybridized carbons (Fsp3) is 0.294. The lowest BCUT2D eigenvalue weighted by atomic mass is 9.76. The summed E-state index contributed by atoms with van der Waals surface area (Å²) >= 11 is 12.2. The molecule has 1 N–H and O–H groups in total. The Morgan fingerprint density at radius 3 is 2.55 bits per heavy atom. The summed E-state index contributed by atoms with van der Waals surface area (Å²) in [5, 5.41) is 5.27. The molecule has 104 valence electrons. The van der Waals surface area contributed by atoms with Crippen LogP contribution in [0.2, 0.25) is 10.0 Å². The number of rotatable bonds is 4. The van der Waals surface area contributed by atoms with Crippen molar-refractivity contribution in [2.75, 3.05) is 0 Å². The van der Waals surface area contributed by atoms with Crippen molar-refractivity contribution in [1.29, 1.82) is 0 Å². The third-order valence-electron chi connectivity index (χ3n) is 3.97. The average molecular weight is 306 g/mol. The highest BCUT2D eigenvalue weighted by Crippen LogP contribution is 2.39. The van der Waals surface area contributed by atoms with Gasteiger partial charge in [-0.3, -0.25) is 0 Å². The van der Waals surface area contributed by atoms with Crippen molar-refractivity contribution in [3.05, 3.63) is 69.7 Å². The molecule has 1 aliphatic rings. The van der Waals surface area contributed by atoms with Gasteiger partial charge in [0.05, 0.1) is 0 Å². The molecule has 0 aliphatic heterocycles. The standard InChI is InChI=1S/C17H17Cl2N/c18-14-5-3-4-12(8-14)11-20-15-9-13(10-15)16-6-1-2-7-17(16)19/h1-8,13,15,20H,9-11H2. The van der Waals surface area contributed by atoms with Crippen molar-refractivity contribution in [2.45, 2.75) is 31.3 Å². The van der Waals surface area contributed by atoms with E-state index in [9.17, 15) is 0 Å². The van der Waals surface area contributed by atoms with Crippen LogP contribution in [-0.2, 0) is 6.54 Å². The Kier molecular flexibility index (Phi) is 4.30. The van der Waals surface area contributed by atoms with E-state index in [0.29, 0.717) is 12.0 Å². The van der Waals surface area contributed by atoms with Gasteiger partial charge in [0.25, 0.3) is 0 Å². The Morgan fingerprint density at radius 2 is 1.80 bits per heavy atom. The molecule has 1 saturated carbocycles. The fourth-order valence-electron chi connectivity index (χ4n) is 2.75. The SMILES string of the molecule is Clc1cccc(CNC2CC(c3ccccc3Cl)C2)c1. The highest BCUT2D eigenvalue weighted by atomic mass is 35.5. The first-order valence-corrected chi connectivity index (χ1v) is 7.70. The Morgan fingerprint density at radius 1 is 1.00 bits per heavy atom. The van der Waals surface area contributed by atoms with Crippen LogP contribution in [0.25, 0.3) is 0 Å². The van der Waals surface area contributed by atoms with E-state index in [1.165, 1.54) is 11.1 Å². The molecule has 0 amide bonds. The van der Waals surface area contributed by atoms with Gasteiger partial charge in [-0.2, -0.15) is 0 Å². The molecule has 0 radical (unpaired) electrons. The van der Waals surface area contributed by atoms with Gasteiger partial charge in [-0.05, 0) is 48.1 Å². The molecular formula is C17H17Cl2N. The molecule has 2 aromatic rings. The lowest BCUT2D eigenvalue weighted by molar-refractivity contribution is 0.289. The van der Waals surface area contributed by atoms with Crippen LogP contribution in [0.3, 0.4) is 0 Å². The predicted molar refractivity (Wildman–Crippen MR) is 85.5 cm³/mol. The van der Waals surface area contributed by atoms with E-state index in [2.05, 4.69) is 23.5 Å². The predicted octanol–water partition coefficient (Wildman–Crippen LogP) is 5.03. The molecule has 3 rings (SSSR count). The van der Waals surface area contributed by atoms with Crippen LogP contribution < -0.4 is 5.32 Å². The topological polar surface area (TPSA) is 12.0 Å². The Labute approximate surface area is 129 Å². The van der Waals surface area contributed by atoms with Crippen LogP contribution >= 0.6 is 23.2 Å². The second-order valence-corrected chi connectivity index (χ2v) is 6.24. The number of halogens is 2. The maximum atomic E-state index is 6.23. The van der Waals surface area contributed by atoms with Crippen LogP contribution in [-0.4, -0.2) is 6.04 Å². The van der Waals surface area contributed by atoms with Gasteiger partial charge >= 0.3 is 0 Å². The van der Waals surface area contributed by atoms with Gasteiger partial charge in [-0.15, -0.1) is 0 Å². The molecule has 0 spiro atoms. The zero-order valence-electron chi connectivity index (χ0n) is 11.2. The van der Waals surface area contributed by atoms with Gasteiger partial charge in [-0.1, -0.05) is 53.5 Å². The second-order valence-electron chi connectivity index (χ2n) is 5.40. The summed E-state index contributed by atoms with van der Waals surface area (Å²) in [4.78, 5) is 0. The normalized spacial score (nSPS) is 21.5. The number of nitrogens with one attached hydrogen (secondary N) is 1. The van der Waals surface area contributed by atoms with Gasteiger partial charge < -0.3 is 5.32 Å². The first-order valence-electron chi connectivity index (χ1n) is 6.94. The highest BCUT2D eigenvalue weighted by Gasteiger charge is 2.30. The summed E-state index contributed by atoms with van der Waals surface area (Å²) < 4.78 is 0. The molecule has 1 nitrogen and oxygen atoms in total. The lowest BCUT2D eigenvalue weighted by Crippen LogP contribution is -2.39. The molecular weight excluding hydrogens is 289 g/mol. The second kappa shape index (κ2) is 6.17. The van der Waals surface area contributed by atoms with Gasteiger partial charge in [-0.25, -0.2) is 0 Å². The third-order valence-corrected chi connectivity index (χ3v) is 4.55. The summed E-state index contributed by atoms with van der Waals surface area (Å²) in [6, 6.07) is 16.8. The summed E-state index contributed by atoms with van der Waals surface area (Å²) in [7, 11) is 0. The molecule has 0 unspecified atom stereocenters. The lowest BCUT2D eigenvalue weighted by Gasteiger charge is -2.37. The van der Waals surface area contributed by atoms with Crippen LogP contribution in [0.15, 0.2) is 48.5 Å². The van der Waals surface area contributed by atoms with Gasteiger partial charge in [0, 0.05) is 22.6 Å². The van der Waals surface area contributed by atoms with Gasteiger partial charge in [0.1, 0.15) is 0 Å². The van der Waals surface area contributed by atoms with Crippen molar-refractivity contribution in [2.24, 2.45) is 0 Å². The highest BCUT2D eigenvalue weighted by molar-refractivity contribution is 6.31. The summed E-state index contributed by atoms with van der Waals surface area (Å²) in [6.07, 6.45) is 2.31. The van der Waals surface area contributed by atoms with Crippen LogP contribution in [0.1, 0.15) is 29.9 Å². The van der Waals surface area contributed by atoms with Crippen LogP contribution in [0.5, 0.6) is 0 Å². The Hall–Kier alpha value is -1.02. The van der Waals surface area contributed by atoms with E-state index in [1.807, 2.05) is 30.3 Å². The van der Waals surface area contributed by atoms with E-state index in [1.54, 1.807) is 0 Å². The molecule has 0 atom stereocenters.